The summed E-state index contributed by atoms with van der Waals surface area (Å²) in [5, 5.41) is 0.547. The molecule has 0 unspecified atom stereocenters. The summed E-state index contributed by atoms with van der Waals surface area (Å²) in [6, 6.07) is 13.7. The van der Waals surface area contributed by atoms with Crippen molar-refractivity contribution < 1.29 is 23.4 Å². The molecule has 0 fully saturated rings. The molecular weight excluding hydrogens is 456 g/mol. The number of benzene rings is 2. The zero-order valence-electron chi connectivity index (χ0n) is 21.9. The second-order valence-electron chi connectivity index (χ2n) is 10.00. The number of carbonyl (C=O) groups excluding carboxylic acids is 1. The summed E-state index contributed by atoms with van der Waals surface area (Å²) in [6.45, 7) is 8.45. The lowest BCUT2D eigenvalue weighted by atomic mass is 10.1. The van der Waals surface area contributed by atoms with E-state index in [0.29, 0.717) is 28.9 Å². The third kappa shape index (κ3) is 8.14. The van der Waals surface area contributed by atoms with E-state index < -0.39 is 17.2 Å². The lowest BCUT2D eigenvalue weighted by molar-refractivity contribution is 0.0721. The highest BCUT2D eigenvalue weighted by atomic mass is 16.6. The molecule has 3 aromatic rings. The van der Waals surface area contributed by atoms with Gasteiger partial charge in [-0.25, -0.2) is 9.59 Å². The van der Waals surface area contributed by atoms with E-state index in [9.17, 15) is 9.59 Å². The molecular formula is C30H38O6. The summed E-state index contributed by atoms with van der Waals surface area (Å²) in [7, 11) is 0. The molecule has 0 bridgehead atoms. The van der Waals surface area contributed by atoms with Crippen LogP contribution in [0.5, 0.6) is 17.2 Å². The van der Waals surface area contributed by atoms with Gasteiger partial charge >= 0.3 is 11.6 Å². The Morgan fingerprint density at radius 3 is 2.19 bits per heavy atom. The largest absolute Gasteiger partial charge is 0.489 e. The summed E-state index contributed by atoms with van der Waals surface area (Å²) in [4.78, 5) is 25.6. The number of esters is 1. The molecule has 3 rings (SSSR count). The van der Waals surface area contributed by atoms with E-state index in [1.54, 1.807) is 48.5 Å². The van der Waals surface area contributed by atoms with Gasteiger partial charge in [0.2, 0.25) is 0 Å². The minimum absolute atomic E-state index is 0.218. The van der Waals surface area contributed by atoms with Crippen molar-refractivity contribution in [3.05, 3.63) is 64.5 Å². The third-order valence-corrected chi connectivity index (χ3v) is 5.66. The minimum Gasteiger partial charge on any atom is -0.489 e. The van der Waals surface area contributed by atoms with Crippen molar-refractivity contribution in [1.82, 2.24) is 0 Å². The molecule has 0 saturated carbocycles. The molecule has 36 heavy (non-hydrogen) atoms. The molecule has 0 aliphatic heterocycles. The molecule has 0 spiro atoms. The van der Waals surface area contributed by atoms with Crippen molar-refractivity contribution in [3.63, 3.8) is 0 Å². The molecule has 194 valence electrons. The minimum atomic E-state index is -0.773. The molecule has 0 amide bonds. The number of ether oxygens (including phenoxy) is 3. The SMILES string of the molecule is CCCCCCCCCCOc1c(OC(=O)c2ccccc2)c(=O)oc2cc(OC(C)(C)C)ccc12. The van der Waals surface area contributed by atoms with E-state index in [0.717, 1.165) is 19.3 Å². The van der Waals surface area contributed by atoms with Gasteiger partial charge < -0.3 is 18.6 Å². The first kappa shape index (κ1) is 27.3. The lowest BCUT2D eigenvalue weighted by Crippen LogP contribution is -2.22. The Labute approximate surface area is 213 Å². The zero-order valence-corrected chi connectivity index (χ0v) is 21.9. The van der Waals surface area contributed by atoms with Crippen LogP contribution in [0.1, 0.15) is 89.4 Å². The van der Waals surface area contributed by atoms with Crippen LogP contribution in [0.3, 0.4) is 0 Å². The van der Waals surface area contributed by atoms with Crippen molar-refractivity contribution in [2.75, 3.05) is 6.61 Å². The van der Waals surface area contributed by atoms with Crippen molar-refractivity contribution in [1.29, 1.82) is 0 Å². The quantitative estimate of drug-likeness (QED) is 0.138. The van der Waals surface area contributed by atoms with E-state index >= 15 is 0 Å². The van der Waals surface area contributed by atoms with E-state index in [1.165, 1.54) is 32.1 Å². The second kappa shape index (κ2) is 13.1. The Morgan fingerprint density at radius 1 is 0.861 bits per heavy atom. The van der Waals surface area contributed by atoms with Crippen LogP contribution in [0.25, 0.3) is 11.0 Å². The topological polar surface area (TPSA) is 75.0 Å². The Bertz CT molecular complexity index is 1170. The number of carbonyl (C=O) groups is 1. The lowest BCUT2D eigenvalue weighted by Gasteiger charge is -2.21. The highest BCUT2D eigenvalue weighted by Gasteiger charge is 2.22. The second-order valence-corrected chi connectivity index (χ2v) is 10.00. The Balaban J connectivity index is 1.80. The van der Waals surface area contributed by atoms with Crippen molar-refractivity contribution in [2.45, 2.75) is 84.7 Å². The summed E-state index contributed by atoms with van der Waals surface area (Å²) in [6.07, 6.45) is 9.32. The van der Waals surface area contributed by atoms with Gasteiger partial charge in [-0.05, 0) is 51.5 Å². The van der Waals surface area contributed by atoms with E-state index in [-0.39, 0.29) is 11.5 Å². The molecule has 0 saturated heterocycles. The maximum atomic E-state index is 12.9. The number of fused-ring (bicyclic) bond motifs is 1. The molecule has 0 aliphatic rings. The first-order chi connectivity index (χ1) is 17.3. The molecule has 6 heteroatoms. The van der Waals surface area contributed by atoms with Crippen LogP contribution in [-0.4, -0.2) is 18.2 Å². The van der Waals surface area contributed by atoms with Gasteiger partial charge in [0.05, 0.1) is 17.6 Å². The predicted molar refractivity (Wildman–Crippen MR) is 142 cm³/mol. The molecule has 0 radical (unpaired) electrons. The third-order valence-electron chi connectivity index (χ3n) is 5.66. The van der Waals surface area contributed by atoms with Gasteiger partial charge in [0, 0.05) is 6.07 Å². The number of unbranched alkanes of at least 4 members (excludes halogenated alkanes) is 7. The van der Waals surface area contributed by atoms with E-state index in [2.05, 4.69) is 6.92 Å². The van der Waals surface area contributed by atoms with E-state index in [1.807, 2.05) is 20.8 Å². The average Bonchev–Trinajstić information content (AvgIpc) is 2.84. The first-order valence-corrected chi connectivity index (χ1v) is 13.0. The van der Waals surface area contributed by atoms with Crippen molar-refractivity contribution >= 4 is 16.9 Å². The average molecular weight is 495 g/mol. The number of rotatable bonds is 13. The summed E-state index contributed by atoms with van der Waals surface area (Å²) in [5.74, 6) is -0.0933. The highest BCUT2D eigenvalue weighted by Crippen LogP contribution is 2.36. The molecule has 1 aromatic heterocycles. The van der Waals surface area contributed by atoms with Crippen LogP contribution in [0.2, 0.25) is 0 Å². The summed E-state index contributed by atoms with van der Waals surface area (Å²) >= 11 is 0. The Hall–Kier alpha value is -3.28. The molecule has 6 nitrogen and oxygen atoms in total. The molecule has 2 aromatic carbocycles. The summed E-state index contributed by atoms with van der Waals surface area (Å²) in [5.41, 5.74) is -0.535. The van der Waals surface area contributed by atoms with Gasteiger partial charge in [-0.1, -0.05) is 70.1 Å². The molecule has 0 N–H and O–H groups in total. The van der Waals surface area contributed by atoms with Gasteiger partial charge in [0.1, 0.15) is 16.9 Å². The zero-order chi connectivity index (χ0) is 26.0. The van der Waals surface area contributed by atoms with Gasteiger partial charge in [0.25, 0.3) is 5.75 Å². The van der Waals surface area contributed by atoms with Crippen LogP contribution in [0, 0.1) is 0 Å². The first-order valence-electron chi connectivity index (χ1n) is 13.0. The van der Waals surface area contributed by atoms with Crippen LogP contribution in [-0.2, 0) is 0 Å². The Morgan fingerprint density at radius 2 is 1.53 bits per heavy atom. The molecule has 0 aliphatic carbocycles. The van der Waals surface area contributed by atoms with Gasteiger partial charge in [-0.15, -0.1) is 0 Å². The highest BCUT2D eigenvalue weighted by molar-refractivity contribution is 5.93. The molecule has 1 heterocycles. The van der Waals surface area contributed by atoms with Crippen LogP contribution in [0.4, 0.5) is 0 Å². The number of hydrogen-bond acceptors (Lipinski definition) is 6. The molecule has 0 atom stereocenters. The van der Waals surface area contributed by atoms with Crippen molar-refractivity contribution in [2.24, 2.45) is 0 Å². The monoisotopic (exact) mass is 494 g/mol. The normalized spacial score (nSPS) is 11.4. The fraction of sp³-hybridized carbons (Fsp3) is 0.467. The Kier molecular flexibility index (Phi) is 9.97. The predicted octanol–water partition coefficient (Wildman–Crippen LogP) is 7.71. The van der Waals surface area contributed by atoms with Gasteiger partial charge in [-0.3, -0.25) is 0 Å². The maximum Gasteiger partial charge on any atom is 0.383 e. The standard InChI is InChI=1S/C30H38O6/c1-5-6-7-8-9-10-11-15-20-33-26-24-19-18-23(36-30(2,3)4)21-25(24)34-29(32)27(26)35-28(31)22-16-13-12-14-17-22/h12-14,16-19,21H,5-11,15,20H2,1-4H3. The smallest absolute Gasteiger partial charge is 0.383 e. The maximum absolute atomic E-state index is 12.9. The van der Waals surface area contributed by atoms with Crippen LogP contribution in [0.15, 0.2) is 57.7 Å². The fourth-order valence-corrected chi connectivity index (χ4v) is 3.92. The number of hydrogen-bond donors (Lipinski definition) is 0. The van der Waals surface area contributed by atoms with Gasteiger partial charge in [0.15, 0.2) is 5.75 Å². The van der Waals surface area contributed by atoms with Crippen molar-refractivity contribution in [3.8, 4) is 17.2 Å². The van der Waals surface area contributed by atoms with E-state index in [4.69, 9.17) is 18.6 Å². The van der Waals surface area contributed by atoms with Crippen LogP contribution < -0.4 is 19.8 Å². The van der Waals surface area contributed by atoms with Gasteiger partial charge in [-0.2, -0.15) is 0 Å². The fourth-order valence-electron chi connectivity index (χ4n) is 3.92. The van der Waals surface area contributed by atoms with Crippen LogP contribution >= 0.6 is 0 Å². The summed E-state index contributed by atoms with van der Waals surface area (Å²) < 4.78 is 23.0.